The predicted octanol–water partition coefficient (Wildman–Crippen LogP) is 4.68. The van der Waals surface area contributed by atoms with Crippen LogP contribution >= 0.6 is 11.8 Å². The van der Waals surface area contributed by atoms with Gasteiger partial charge in [0.05, 0.1) is 0 Å². The molecule has 0 fully saturated rings. The smallest absolute Gasteiger partial charge is 0.299 e. The molecular weight excluding hydrogens is 323 g/mol. The molecule has 0 bridgehead atoms. The Balaban J connectivity index is 2.15. The lowest BCUT2D eigenvalue weighted by Gasteiger charge is -2.08. The highest BCUT2D eigenvalue weighted by Crippen LogP contribution is 2.32. The van der Waals surface area contributed by atoms with Crippen molar-refractivity contribution in [2.45, 2.75) is 11.1 Å². The van der Waals surface area contributed by atoms with E-state index in [0.717, 1.165) is 11.1 Å². The molecule has 0 unspecified atom stereocenters. The molecule has 0 aliphatic heterocycles. The zero-order valence-electron chi connectivity index (χ0n) is 12.1. The van der Waals surface area contributed by atoms with Gasteiger partial charge in [0.15, 0.2) is 5.69 Å². The summed E-state index contributed by atoms with van der Waals surface area (Å²) in [6.45, 7) is 0. The lowest BCUT2D eigenvalue weighted by Crippen LogP contribution is -2.05. The molecule has 2 aromatic heterocycles. The Kier molecular flexibility index (Phi) is 4.12. The highest BCUT2D eigenvalue weighted by atomic mass is 32.2. The normalized spacial score (nSPS) is 11.7. The average molecular weight is 335 g/mol. The van der Waals surface area contributed by atoms with Gasteiger partial charge in [-0.05, 0) is 42.7 Å². The number of alkyl halides is 3. The van der Waals surface area contributed by atoms with Crippen molar-refractivity contribution >= 4 is 11.8 Å². The highest BCUT2D eigenvalue weighted by molar-refractivity contribution is 7.98. The lowest BCUT2D eigenvalue weighted by atomic mass is 10.2. The van der Waals surface area contributed by atoms with Gasteiger partial charge in [-0.2, -0.15) is 13.2 Å². The second-order valence-electron chi connectivity index (χ2n) is 4.76. The van der Waals surface area contributed by atoms with Crippen molar-refractivity contribution in [2.24, 2.45) is 0 Å². The fraction of sp³-hybridized carbons (Fsp3) is 0.125. The van der Waals surface area contributed by atoms with Crippen LogP contribution in [0.3, 0.4) is 0 Å². The van der Waals surface area contributed by atoms with Crippen LogP contribution < -0.4 is 0 Å². The van der Waals surface area contributed by atoms with Crippen LogP contribution in [0.5, 0.6) is 0 Å². The maximum absolute atomic E-state index is 13.0. The second-order valence-corrected chi connectivity index (χ2v) is 5.64. The maximum Gasteiger partial charge on any atom is 0.434 e. The van der Waals surface area contributed by atoms with E-state index in [1.54, 1.807) is 42.2 Å². The Morgan fingerprint density at radius 1 is 1.09 bits per heavy atom. The third kappa shape index (κ3) is 3.24. The second kappa shape index (κ2) is 6.08. The summed E-state index contributed by atoms with van der Waals surface area (Å²) in [5.41, 5.74) is 0.215. The summed E-state index contributed by atoms with van der Waals surface area (Å²) in [6, 6.07) is 10.6. The fourth-order valence-corrected chi connectivity index (χ4v) is 2.56. The van der Waals surface area contributed by atoms with Crippen molar-refractivity contribution in [3.05, 3.63) is 60.7 Å². The Labute approximate surface area is 135 Å². The Morgan fingerprint density at radius 2 is 1.83 bits per heavy atom. The largest absolute Gasteiger partial charge is 0.434 e. The number of nitrogens with zero attached hydrogens (tertiary/aromatic N) is 3. The summed E-state index contributed by atoms with van der Waals surface area (Å²) < 4.78 is 40.5. The Morgan fingerprint density at radius 3 is 2.39 bits per heavy atom. The van der Waals surface area contributed by atoms with Crippen LogP contribution in [-0.4, -0.2) is 20.8 Å². The van der Waals surface area contributed by atoms with E-state index in [0.29, 0.717) is 11.3 Å². The number of thioether (sulfide) groups is 1. The Bertz CT molecular complexity index is 796. The van der Waals surface area contributed by atoms with Crippen LogP contribution in [0.15, 0.2) is 59.9 Å². The zero-order chi connectivity index (χ0) is 16.4. The summed E-state index contributed by atoms with van der Waals surface area (Å²) in [6.07, 6.45) is 1.51. The number of aromatic nitrogens is 3. The maximum atomic E-state index is 13.0. The van der Waals surface area contributed by atoms with E-state index in [1.165, 1.54) is 10.8 Å². The van der Waals surface area contributed by atoms with E-state index in [-0.39, 0.29) is 5.82 Å². The van der Waals surface area contributed by atoms with E-state index >= 15 is 0 Å². The number of rotatable bonds is 3. The summed E-state index contributed by atoms with van der Waals surface area (Å²) in [5, 5.41) is 0. The van der Waals surface area contributed by atoms with Gasteiger partial charge in [-0.3, -0.25) is 9.55 Å². The van der Waals surface area contributed by atoms with E-state index in [4.69, 9.17) is 0 Å². The predicted molar refractivity (Wildman–Crippen MR) is 83.6 cm³/mol. The molecule has 0 spiro atoms. The molecule has 2 heterocycles. The van der Waals surface area contributed by atoms with Gasteiger partial charge in [-0.1, -0.05) is 0 Å². The minimum Gasteiger partial charge on any atom is -0.299 e. The molecule has 0 atom stereocenters. The molecule has 0 saturated carbocycles. The average Bonchev–Trinajstić information content (AvgIpc) is 3.01. The van der Waals surface area contributed by atoms with Crippen LogP contribution in [0.2, 0.25) is 0 Å². The van der Waals surface area contributed by atoms with E-state index in [2.05, 4.69) is 9.97 Å². The van der Waals surface area contributed by atoms with Gasteiger partial charge in [0.25, 0.3) is 0 Å². The molecule has 0 saturated heterocycles. The quantitative estimate of drug-likeness (QED) is 0.652. The minimum absolute atomic E-state index is 0.210. The molecule has 0 aliphatic carbocycles. The van der Waals surface area contributed by atoms with Crippen LogP contribution in [-0.2, 0) is 6.18 Å². The molecule has 7 heteroatoms. The first-order chi connectivity index (χ1) is 11.0. The number of pyridine rings is 1. The van der Waals surface area contributed by atoms with Crippen LogP contribution in [0, 0.1) is 0 Å². The van der Waals surface area contributed by atoms with Crippen molar-refractivity contribution in [1.82, 2.24) is 14.5 Å². The molecule has 3 aromatic rings. The lowest BCUT2D eigenvalue weighted by molar-refractivity contribution is -0.140. The van der Waals surface area contributed by atoms with Gasteiger partial charge in [0.2, 0.25) is 0 Å². The van der Waals surface area contributed by atoms with Crippen LogP contribution in [0.25, 0.3) is 17.1 Å². The number of hydrogen-bond donors (Lipinski definition) is 0. The monoisotopic (exact) mass is 335 g/mol. The molecule has 23 heavy (non-hydrogen) atoms. The van der Waals surface area contributed by atoms with Gasteiger partial charge < -0.3 is 0 Å². The van der Waals surface area contributed by atoms with Gasteiger partial charge in [0, 0.05) is 34.7 Å². The third-order valence-electron chi connectivity index (χ3n) is 3.27. The van der Waals surface area contributed by atoms with Gasteiger partial charge in [0.1, 0.15) is 5.82 Å². The van der Waals surface area contributed by atoms with Crippen molar-refractivity contribution < 1.29 is 13.2 Å². The molecule has 0 amide bonds. The first kappa shape index (κ1) is 15.6. The molecule has 0 N–H and O–H groups in total. The van der Waals surface area contributed by atoms with E-state index in [1.807, 2.05) is 18.4 Å². The number of imidazole rings is 1. The summed E-state index contributed by atoms with van der Waals surface area (Å²) in [7, 11) is 0. The van der Waals surface area contributed by atoms with Crippen LogP contribution in [0.1, 0.15) is 5.69 Å². The number of halogens is 3. The Hall–Kier alpha value is -2.28. The molecule has 0 radical (unpaired) electrons. The van der Waals surface area contributed by atoms with Gasteiger partial charge in [-0.25, -0.2) is 4.98 Å². The van der Waals surface area contributed by atoms with E-state index < -0.39 is 11.9 Å². The van der Waals surface area contributed by atoms with Crippen molar-refractivity contribution in [3.8, 4) is 17.1 Å². The molecule has 0 aliphatic rings. The van der Waals surface area contributed by atoms with Crippen molar-refractivity contribution in [1.29, 1.82) is 0 Å². The standard InChI is InChI=1S/C16H12F3N3S/c1-23-13-6-4-12(5-7-13)22-10-14(16(17,18)19)21-15(22)11-3-2-8-20-9-11/h2-10H,1H3. The summed E-state index contributed by atoms with van der Waals surface area (Å²) >= 11 is 1.57. The minimum atomic E-state index is -4.50. The number of hydrogen-bond acceptors (Lipinski definition) is 3. The highest BCUT2D eigenvalue weighted by Gasteiger charge is 2.35. The first-order valence-electron chi connectivity index (χ1n) is 6.70. The summed E-state index contributed by atoms with van der Waals surface area (Å²) in [5.74, 6) is 0.210. The topological polar surface area (TPSA) is 30.7 Å². The first-order valence-corrected chi connectivity index (χ1v) is 7.93. The third-order valence-corrected chi connectivity index (χ3v) is 4.01. The fourth-order valence-electron chi connectivity index (χ4n) is 2.16. The molecule has 118 valence electrons. The molecule has 3 nitrogen and oxygen atoms in total. The number of benzene rings is 1. The van der Waals surface area contributed by atoms with Crippen LogP contribution in [0.4, 0.5) is 13.2 Å². The molecule has 1 aromatic carbocycles. The van der Waals surface area contributed by atoms with Crippen molar-refractivity contribution in [3.63, 3.8) is 0 Å². The van der Waals surface area contributed by atoms with Crippen molar-refractivity contribution in [2.75, 3.05) is 6.26 Å². The zero-order valence-corrected chi connectivity index (χ0v) is 12.9. The van der Waals surface area contributed by atoms with E-state index in [9.17, 15) is 13.2 Å². The van der Waals surface area contributed by atoms with Gasteiger partial charge >= 0.3 is 6.18 Å². The SMILES string of the molecule is CSc1ccc(-n2cc(C(F)(F)F)nc2-c2cccnc2)cc1. The molecular formula is C16H12F3N3S. The van der Waals surface area contributed by atoms with Gasteiger partial charge in [-0.15, -0.1) is 11.8 Å². The molecule has 3 rings (SSSR count). The summed E-state index contributed by atoms with van der Waals surface area (Å²) in [4.78, 5) is 8.76.